The van der Waals surface area contributed by atoms with Crippen LogP contribution in [0.1, 0.15) is 13.8 Å². The van der Waals surface area contributed by atoms with E-state index >= 15 is 0 Å². The fourth-order valence-corrected chi connectivity index (χ4v) is 2.77. The van der Waals surface area contributed by atoms with Gasteiger partial charge < -0.3 is 15.8 Å². The van der Waals surface area contributed by atoms with Crippen molar-refractivity contribution in [1.29, 1.82) is 0 Å². The molecule has 1 rings (SSSR count). The van der Waals surface area contributed by atoms with Gasteiger partial charge in [-0.05, 0) is 13.8 Å². The summed E-state index contributed by atoms with van der Waals surface area (Å²) in [5, 5.41) is 2.52. The first-order valence-electron chi connectivity index (χ1n) is 6.28. The van der Waals surface area contributed by atoms with Crippen LogP contribution in [0.25, 0.3) is 0 Å². The number of ether oxygens (including phenoxy) is 1. The molecule has 110 valence electrons. The van der Waals surface area contributed by atoms with Crippen molar-refractivity contribution in [2.45, 2.75) is 18.6 Å². The van der Waals surface area contributed by atoms with Crippen molar-refractivity contribution in [3.63, 3.8) is 0 Å². The zero-order valence-corrected chi connectivity index (χ0v) is 12.6. The minimum atomic E-state index is -0.594. The van der Waals surface area contributed by atoms with Crippen molar-refractivity contribution in [3.8, 4) is 0 Å². The monoisotopic (exact) mass is 296 g/mol. The summed E-state index contributed by atoms with van der Waals surface area (Å²) >= 11 is 1.16. The SMILES string of the molecule is C=C/C(C)=C/[C@@]1(C)SC(=O)C=C1OCC(=O)NCCN. The summed E-state index contributed by atoms with van der Waals surface area (Å²) in [7, 11) is 0. The predicted molar refractivity (Wildman–Crippen MR) is 81.1 cm³/mol. The zero-order chi connectivity index (χ0) is 15.2. The smallest absolute Gasteiger partial charge is 0.257 e. The van der Waals surface area contributed by atoms with Gasteiger partial charge in [-0.2, -0.15) is 0 Å². The van der Waals surface area contributed by atoms with Crippen molar-refractivity contribution >= 4 is 22.8 Å². The minimum absolute atomic E-state index is 0.0852. The molecule has 0 aliphatic carbocycles. The second kappa shape index (κ2) is 7.31. The second-order valence-electron chi connectivity index (χ2n) is 4.56. The molecule has 0 saturated heterocycles. The summed E-state index contributed by atoms with van der Waals surface area (Å²) in [6.07, 6.45) is 5.03. The van der Waals surface area contributed by atoms with Crippen LogP contribution in [0.3, 0.4) is 0 Å². The molecular formula is C14H20N2O3S. The summed E-state index contributed by atoms with van der Waals surface area (Å²) < 4.78 is 4.89. The molecule has 0 spiro atoms. The van der Waals surface area contributed by atoms with Crippen molar-refractivity contribution in [2.75, 3.05) is 19.7 Å². The molecule has 0 aromatic rings. The number of carbonyl (C=O) groups excluding carboxylic acids is 2. The first kappa shape index (κ1) is 16.5. The molecule has 0 unspecified atom stereocenters. The van der Waals surface area contributed by atoms with Crippen LogP contribution in [0, 0.1) is 0 Å². The molecule has 20 heavy (non-hydrogen) atoms. The quantitative estimate of drug-likeness (QED) is 0.688. The Balaban J connectivity index is 2.71. The fraction of sp³-hybridized carbons (Fsp3) is 0.429. The largest absolute Gasteiger partial charge is 0.486 e. The van der Waals surface area contributed by atoms with E-state index in [2.05, 4.69) is 11.9 Å². The van der Waals surface area contributed by atoms with Gasteiger partial charge in [0, 0.05) is 19.2 Å². The maximum absolute atomic E-state index is 11.6. The Hall–Kier alpha value is -1.53. The number of amides is 1. The second-order valence-corrected chi connectivity index (χ2v) is 6.01. The lowest BCUT2D eigenvalue weighted by atomic mass is 10.0. The van der Waals surface area contributed by atoms with Crippen LogP contribution >= 0.6 is 11.8 Å². The van der Waals surface area contributed by atoms with E-state index in [0.29, 0.717) is 18.8 Å². The molecule has 0 bridgehead atoms. The maximum Gasteiger partial charge on any atom is 0.257 e. The van der Waals surface area contributed by atoms with Gasteiger partial charge in [-0.3, -0.25) is 9.59 Å². The molecule has 0 fully saturated rings. The van der Waals surface area contributed by atoms with Gasteiger partial charge in [0.15, 0.2) is 6.61 Å². The van der Waals surface area contributed by atoms with Crippen LogP contribution in [0.5, 0.6) is 0 Å². The molecule has 1 heterocycles. The Morgan fingerprint density at radius 3 is 2.95 bits per heavy atom. The topological polar surface area (TPSA) is 81.4 Å². The number of carbonyl (C=O) groups is 2. The number of rotatable bonds is 7. The number of nitrogens with one attached hydrogen (secondary N) is 1. The third-order valence-electron chi connectivity index (χ3n) is 2.70. The van der Waals surface area contributed by atoms with E-state index in [1.54, 1.807) is 6.08 Å². The lowest BCUT2D eigenvalue weighted by Crippen LogP contribution is -2.33. The van der Waals surface area contributed by atoms with Gasteiger partial charge in [-0.1, -0.05) is 36.1 Å². The van der Waals surface area contributed by atoms with E-state index in [-0.39, 0.29) is 17.6 Å². The zero-order valence-electron chi connectivity index (χ0n) is 11.8. The normalized spacial score (nSPS) is 22.4. The summed E-state index contributed by atoms with van der Waals surface area (Å²) in [5.41, 5.74) is 6.24. The minimum Gasteiger partial charge on any atom is -0.486 e. The molecule has 1 atom stereocenters. The summed E-state index contributed by atoms with van der Waals surface area (Å²) in [4.78, 5) is 23.1. The van der Waals surface area contributed by atoms with Gasteiger partial charge in [0.25, 0.3) is 5.91 Å². The van der Waals surface area contributed by atoms with E-state index in [1.807, 2.05) is 19.9 Å². The van der Waals surface area contributed by atoms with E-state index in [1.165, 1.54) is 6.08 Å². The van der Waals surface area contributed by atoms with Crippen molar-refractivity contribution < 1.29 is 14.3 Å². The van der Waals surface area contributed by atoms with Crippen molar-refractivity contribution in [2.24, 2.45) is 5.73 Å². The molecule has 0 aromatic carbocycles. The van der Waals surface area contributed by atoms with Crippen LogP contribution in [0.2, 0.25) is 0 Å². The first-order chi connectivity index (χ1) is 9.41. The Kier molecular flexibility index (Phi) is 6.04. The van der Waals surface area contributed by atoms with E-state index in [4.69, 9.17) is 10.5 Å². The first-order valence-corrected chi connectivity index (χ1v) is 7.09. The molecule has 0 aromatic heterocycles. The molecule has 0 saturated carbocycles. The van der Waals surface area contributed by atoms with E-state index < -0.39 is 4.75 Å². The Morgan fingerprint density at radius 1 is 1.65 bits per heavy atom. The van der Waals surface area contributed by atoms with Gasteiger partial charge in [-0.25, -0.2) is 0 Å². The number of hydrogen-bond donors (Lipinski definition) is 2. The Morgan fingerprint density at radius 2 is 2.35 bits per heavy atom. The predicted octanol–water partition coefficient (Wildman–Crippen LogP) is 1.13. The van der Waals surface area contributed by atoms with Crippen molar-refractivity contribution in [3.05, 3.63) is 36.1 Å². The standard InChI is InChI=1S/C14H20N2O3S/c1-4-10(2)8-14(3)11(7-13(18)20-14)19-9-12(17)16-6-5-15/h4,7-8H,1,5-6,9,15H2,2-3H3,(H,16,17)/b10-8+/t14-/m1/s1. The van der Waals surface area contributed by atoms with Gasteiger partial charge in [0.1, 0.15) is 5.76 Å². The summed E-state index contributed by atoms with van der Waals surface area (Å²) in [6.45, 7) is 8.11. The van der Waals surface area contributed by atoms with E-state index in [9.17, 15) is 9.59 Å². The number of thioether (sulfide) groups is 1. The highest BCUT2D eigenvalue weighted by atomic mass is 32.2. The molecule has 6 heteroatoms. The highest BCUT2D eigenvalue weighted by molar-refractivity contribution is 8.15. The van der Waals surface area contributed by atoms with Crippen LogP contribution in [-0.4, -0.2) is 35.5 Å². The van der Waals surface area contributed by atoms with Crippen LogP contribution in [0.15, 0.2) is 36.1 Å². The van der Waals surface area contributed by atoms with E-state index in [0.717, 1.165) is 17.3 Å². The lowest BCUT2D eigenvalue weighted by Gasteiger charge is -2.23. The van der Waals surface area contributed by atoms with Crippen molar-refractivity contribution in [1.82, 2.24) is 5.32 Å². The Labute approximate surface area is 123 Å². The average molecular weight is 296 g/mol. The third kappa shape index (κ3) is 4.54. The fourth-order valence-electron chi connectivity index (χ4n) is 1.72. The van der Waals surface area contributed by atoms with Gasteiger partial charge >= 0.3 is 0 Å². The molecule has 1 amide bonds. The highest BCUT2D eigenvalue weighted by Crippen LogP contribution is 2.42. The molecule has 0 radical (unpaired) electrons. The highest BCUT2D eigenvalue weighted by Gasteiger charge is 2.38. The number of nitrogens with two attached hydrogens (primary N) is 1. The number of allylic oxidation sites excluding steroid dienone is 2. The molecule has 1 aliphatic heterocycles. The summed E-state index contributed by atoms with van der Waals surface area (Å²) in [5.74, 6) is 0.226. The third-order valence-corrected chi connectivity index (χ3v) is 3.76. The van der Waals surface area contributed by atoms with Gasteiger partial charge in [-0.15, -0.1) is 0 Å². The lowest BCUT2D eigenvalue weighted by molar-refractivity contribution is -0.124. The maximum atomic E-state index is 11.6. The van der Waals surface area contributed by atoms with Gasteiger partial charge in [0.05, 0.1) is 4.75 Å². The molecule has 3 N–H and O–H groups in total. The summed E-state index contributed by atoms with van der Waals surface area (Å²) in [6, 6.07) is 0. The van der Waals surface area contributed by atoms with Crippen LogP contribution in [0.4, 0.5) is 0 Å². The Bertz CT molecular complexity index is 471. The molecule has 1 aliphatic rings. The van der Waals surface area contributed by atoms with Crippen LogP contribution < -0.4 is 11.1 Å². The van der Waals surface area contributed by atoms with Crippen LogP contribution in [-0.2, 0) is 14.3 Å². The van der Waals surface area contributed by atoms with Gasteiger partial charge in [0.2, 0.25) is 5.12 Å². The average Bonchev–Trinajstić information content (AvgIpc) is 2.67. The number of hydrogen-bond acceptors (Lipinski definition) is 5. The molecule has 5 nitrogen and oxygen atoms in total. The molecular weight excluding hydrogens is 276 g/mol.